The average molecular weight is 258 g/mol. The number of thiophene rings is 1. The van der Waals surface area contributed by atoms with Crippen LogP contribution in [0.25, 0.3) is 0 Å². The van der Waals surface area contributed by atoms with Gasteiger partial charge in [0.05, 0.1) is 0 Å². The molecule has 1 heterocycles. The van der Waals surface area contributed by atoms with E-state index in [4.69, 9.17) is 0 Å². The van der Waals surface area contributed by atoms with E-state index in [0.29, 0.717) is 18.6 Å². The molecule has 0 bridgehead atoms. The van der Waals surface area contributed by atoms with Crippen molar-refractivity contribution in [1.29, 1.82) is 0 Å². The maximum absolute atomic E-state index is 12.0. The number of Topliss-reactive ketones (excluding diaryl/α,β-unsaturated/α-hetero) is 1. The van der Waals surface area contributed by atoms with Crippen LogP contribution in [0.3, 0.4) is 0 Å². The summed E-state index contributed by atoms with van der Waals surface area (Å²) < 4.78 is 0. The second kappa shape index (κ2) is 5.96. The van der Waals surface area contributed by atoms with Gasteiger partial charge in [0.15, 0.2) is 0 Å². The molecule has 1 nitrogen and oxygen atoms in total. The molecule has 0 aliphatic rings. The molecule has 0 atom stereocenters. The zero-order valence-electron chi connectivity index (χ0n) is 10.9. The highest BCUT2D eigenvalue weighted by molar-refractivity contribution is 7.07. The summed E-state index contributed by atoms with van der Waals surface area (Å²) in [5, 5.41) is 4.18. The van der Waals surface area contributed by atoms with Crippen molar-refractivity contribution in [2.24, 2.45) is 0 Å². The fraction of sp³-hybridized carbons (Fsp3) is 0.312. The lowest BCUT2D eigenvalue weighted by Gasteiger charge is -2.06. The molecule has 1 aromatic heterocycles. The molecule has 0 aliphatic heterocycles. The summed E-state index contributed by atoms with van der Waals surface area (Å²) in [6, 6.07) is 8.40. The molecule has 0 aliphatic carbocycles. The van der Waals surface area contributed by atoms with Crippen LogP contribution in [0.2, 0.25) is 0 Å². The summed E-state index contributed by atoms with van der Waals surface area (Å²) in [6.07, 6.45) is 2.08. The lowest BCUT2D eigenvalue weighted by Crippen LogP contribution is -2.05. The summed E-state index contributed by atoms with van der Waals surface area (Å²) in [6.45, 7) is 4.14. The van der Waals surface area contributed by atoms with E-state index in [-0.39, 0.29) is 0 Å². The second-order valence-electron chi connectivity index (χ2n) is 4.78. The van der Waals surface area contributed by atoms with Gasteiger partial charge >= 0.3 is 0 Å². The highest BCUT2D eigenvalue weighted by Crippen LogP contribution is 2.14. The number of hydrogen-bond donors (Lipinski definition) is 0. The number of carbonyl (C=O) groups is 1. The van der Waals surface area contributed by atoms with E-state index in [0.717, 1.165) is 6.42 Å². The minimum atomic E-state index is 0.329. The number of carbonyl (C=O) groups excluding carboxylic acids is 1. The summed E-state index contributed by atoms with van der Waals surface area (Å²) >= 11 is 1.69. The first kappa shape index (κ1) is 13.0. The number of hydrogen-bond acceptors (Lipinski definition) is 2. The Bertz CT molecular complexity index is 526. The van der Waals surface area contributed by atoms with Gasteiger partial charge in [-0.3, -0.25) is 4.79 Å². The molecule has 2 heteroatoms. The van der Waals surface area contributed by atoms with Gasteiger partial charge in [0.1, 0.15) is 5.78 Å². The predicted molar refractivity (Wildman–Crippen MR) is 77.3 cm³/mol. The van der Waals surface area contributed by atoms with E-state index in [1.165, 1.54) is 22.3 Å². The quantitative estimate of drug-likeness (QED) is 0.788. The number of ketones is 1. The highest BCUT2D eigenvalue weighted by Gasteiger charge is 2.07. The Kier molecular flexibility index (Phi) is 4.32. The Labute approximate surface area is 112 Å². The first-order valence-electron chi connectivity index (χ1n) is 6.24. The molecular weight excluding hydrogens is 240 g/mol. The van der Waals surface area contributed by atoms with Gasteiger partial charge in [-0.15, -0.1) is 0 Å². The van der Waals surface area contributed by atoms with Crippen LogP contribution in [0.1, 0.15) is 28.7 Å². The Morgan fingerprint density at radius 2 is 2.06 bits per heavy atom. The van der Waals surface area contributed by atoms with Gasteiger partial charge < -0.3 is 0 Å². The summed E-state index contributed by atoms with van der Waals surface area (Å²) in [7, 11) is 0. The van der Waals surface area contributed by atoms with Gasteiger partial charge in [0.25, 0.3) is 0 Å². The van der Waals surface area contributed by atoms with Crippen LogP contribution in [0, 0.1) is 13.8 Å². The van der Waals surface area contributed by atoms with Crippen LogP contribution in [0.5, 0.6) is 0 Å². The standard InChI is InChI=1S/C16H18OS/c1-12-3-4-13(2)15(9-12)10-16(17)6-5-14-7-8-18-11-14/h3-4,7-9,11H,5-6,10H2,1-2H3. The molecule has 0 radical (unpaired) electrons. The van der Waals surface area contributed by atoms with E-state index in [1.807, 2.05) is 0 Å². The van der Waals surface area contributed by atoms with Crippen LogP contribution < -0.4 is 0 Å². The largest absolute Gasteiger partial charge is 0.299 e. The van der Waals surface area contributed by atoms with Gasteiger partial charge in [-0.25, -0.2) is 0 Å². The van der Waals surface area contributed by atoms with Crippen molar-refractivity contribution in [2.75, 3.05) is 0 Å². The smallest absolute Gasteiger partial charge is 0.137 e. The molecule has 18 heavy (non-hydrogen) atoms. The predicted octanol–water partition coefficient (Wildman–Crippen LogP) is 4.11. The molecule has 0 unspecified atom stereocenters. The Hall–Kier alpha value is -1.41. The van der Waals surface area contributed by atoms with E-state index >= 15 is 0 Å². The van der Waals surface area contributed by atoms with Crippen molar-refractivity contribution < 1.29 is 4.79 Å². The average Bonchev–Trinajstić information content (AvgIpc) is 2.84. The van der Waals surface area contributed by atoms with Crippen molar-refractivity contribution in [2.45, 2.75) is 33.1 Å². The van der Waals surface area contributed by atoms with E-state index < -0.39 is 0 Å². The number of rotatable bonds is 5. The Morgan fingerprint density at radius 3 is 2.78 bits per heavy atom. The molecular formula is C16H18OS. The van der Waals surface area contributed by atoms with Crippen LogP contribution in [-0.4, -0.2) is 5.78 Å². The fourth-order valence-corrected chi connectivity index (χ4v) is 2.71. The van der Waals surface area contributed by atoms with Crippen molar-refractivity contribution in [3.8, 4) is 0 Å². The minimum Gasteiger partial charge on any atom is -0.299 e. The van der Waals surface area contributed by atoms with Crippen molar-refractivity contribution in [1.82, 2.24) is 0 Å². The zero-order chi connectivity index (χ0) is 13.0. The van der Waals surface area contributed by atoms with Gasteiger partial charge in [0.2, 0.25) is 0 Å². The van der Waals surface area contributed by atoms with E-state index in [2.05, 4.69) is 48.9 Å². The van der Waals surface area contributed by atoms with Gasteiger partial charge in [0, 0.05) is 12.8 Å². The normalized spacial score (nSPS) is 10.6. The zero-order valence-corrected chi connectivity index (χ0v) is 11.7. The fourth-order valence-electron chi connectivity index (χ4n) is 2.01. The van der Waals surface area contributed by atoms with Crippen molar-refractivity contribution in [3.05, 3.63) is 57.3 Å². The summed E-state index contributed by atoms with van der Waals surface area (Å²) in [5.41, 5.74) is 4.88. The first-order valence-corrected chi connectivity index (χ1v) is 7.18. The molecule has 0 spiro atoms. The molecule has 0 N–H and O–H groups in total. The maximum Gasteiger partial charge on any atom is 0.137 e. The van der Waals surface area contributed by atoms with Crippen LogP contribution in [0.4, 0.5) is 0 Å². The molecule has 0 fully saturated rings. The third-order valence-corrected chi connectivity index (χ3v) is 3.90. The molecule has 2 aromatic rings. The van der Waals surface area contributed by atoms with Crippen LogP contribution in [-0.2, 0) is 17.6 Å². The van der Waals surface area contributed by atoms with Gasteiger partial charge in [-0.1, -0.05) is 23.8 Å². The first-order chi connectivity index (χ1) is 8.65. The third kappa shape index (κ3) is 3.54. The summed E-state index contributed by atoms with van der Waals surface area (Å²) in [5.74, 6) is 0.329. The molecule has 0 saturated carbocycles. The second-order valence-corrected chi connectivity index (χ2v) is 5.56. The molecule has 0 saturated heterocycles. The van der Waals surface area contributed by atoms with Crippen molar-refractivity contribution >= 4 is 17.1 Å². The van der Waals surface area contributed by atoms with Gasteiger partial charge in [-0.2, -0.15) is 11.3 Å². The van der Waals surface area contributed by atoms with Crippen LogP contribution >= 0.6 is 11.3 Å². The lowest BCUT2D eigenvalue weighted by atomic mass is 9.98. The van der Waals surface area contributed by atoms with Gasteiger partial charge in [-0.05, 0) is 53.8 Å². The number of aryl methyl sites for hydroxylation is 3. The SMILES string of the molecule is Cc1ccc(C)c(CC(=O)CCc2ccsc2)c1. The Morgan fingerprint density at radius 1 is 1.22 bits per heavy atom. The molecule has 1 aromatic carbocycles. The third-order valence-electron chi connectivity index (χ3n) is 3.16. The molecule has 94 valence electrons. The van der Waals surface area contributed by atoms with Crippen LogP contribution in [0.15, 0.2) is 35.0 Å². The van der Waals surface area contributed by atoms with E-state index in [9.17, 15) is 4.79 Å². The maximum atomic E-state index is 12.0. The Balaban J connectivity index is 1.92. The topological polar surface area (TPSA) is 17.1 Å². The van der Waals surface area contributed by atoms with E-state index in [1.54, 1.807) is 11.3 Å². The monoisotopic (exact) mass is 258 g/mol. The highest BCUT2D eigenvalue weighted by atomic mass is 32.1. The lowest BCUT2D eigenvalue weighted by molar-refractivity contribution is -0.118. The minimum absolute atomic E-state index is 0.329. The molecule has 0 amide bonds. The summed E-state index contributed by atoms with van der Waals surface area (Å²) in [4.78, 5) is 12.0. The number of benzene rings is 1. The van der Waals surface area contributed by atoms with Crippen molar-refractivity contribution in [3.63, 3.8) is 0 Å². The molecule has 2 rings (SSSR count).